The fourth-order valence-electron chi connectivity index (χ4n) is 5.94. The van der Waals surface area contributed by atoms with Crippen LogP contribution in [0.1, 0.15) is 55.8 Å². The summed E-state index contributed by atoms with van der Waals surface area (Å²) < 4.78 is 5.02. The Labute approximate surface area is 152 Å². The minimum Gasteiger partial charge on any atom is -0.452 e. The minimum atomic E-state index is -0.774. The lowest BCUT2D eigenvalue weighted by Crippen LogP contribution is -2.56. The number of esters is 1. The minimum absolute atomic E-state index is 0.0854. The van der Waals surface area contributed by atoms with Gasteiger partial charge in [-0.3, -0.25) is 9.59 Å². The smallest absolute Gasteiger partial charge is 0.344 e. The number of H-pyrrole nitrogens is 1. The molecule has 1 heterocycles. The molecule has 2 N–H and O–H groups in total. The van der Waals surface area contributed by atoms with Crippen molar-refractivity contribution in [2.75, 3.05) is 6.61 Å². The first-order valence-electron chi connectivity index (χ1n) is 9.59. The third kappa shape index (κ3) is 3.17. The molecule has 0 aliphatic heterocycles. The quantitative estimate of drug-likeness (QED) is 0.790. The zero-order chi connectivity index (χ0) is 18.3. The van der Waals surface area contributed by atoms with Gasteiger partial charge in [-0.25, -0.2) is 4.79 Å². The summed E-state index contributed by atoms with van der Waals surface area (Å²) in [6.45, 7) is 1.73. The van der Waals surface area contributed by atoms with E-state index in [2.05, 4.69) is 17.2 Å². The van der Waals surface area contributed by atoms with Gasteiger partial charge >= 0.3 is 5.97 Å². The molecule has 0 spiro atoms. The van der Waals surface area contributed by atoms with Gasteiger partial charge in [0.25, 0.3) is 11.5 Å². The van der Waals surface area contributed by atoms with E-state index in [9.17, 15) is 14.4 Å². The number of aromatic amines is 1. The van der Waals surface area contributed by atoms with E-state index in [1.165, 1.54) is 50.8 Å². The number of rotatable bonds is 5. The molecule has 26 heavy (non-hydrogen) atoms. The van der Waals surface area contributed by atoms with Gasteiger partial charge < -0.3 is 15.0 Å². The van der Waals surface area contributed by atoms with Gasteiger partial charge in [0.2, 0.25) is 0 Å². The molecular formula is C20H26N2O4. The zero-order valence-corrected chi connectivity index (χ0v) is 15.1. The van der Waals surface area contributed by atoms with Crippen LogP contribution in [0, 0.1) is 23.2 Å². The number of pyridine rings is 1. The van der Waals surface area contributed by atoms with E-state index in [0.717, 1.165) is 17.8 Å². The van der Waals surface area contributed by atoms with Crippen molar-refractivity contribution in [3.05, 3.63) is 34.2 Å². The molecule has 5 rings (SSSR count). The van der Waals surface area contributed by atoms with Gasteiger partial charge in [0.1, 0.15) is 5.56 Å². The van der Waals surface area contributed by atoms with Crippen LogP contribution in [0.15, 0.2) is 23.1 Å². The first-order valence-corrected chi connectivity index (χ1v) is 9.59. The van der Waals surface area contributed by atoms with Crippen LogP contribution in [-0.4, -0.2) is 29.5 Å². The Bertz CT molecular complexity index is 734. The lowest BCUT2D eigenvalue weighted by molar-refractivity contribution is -0.128. The summed E-state index contributed by atoms with van der Waals surface area (Å²) >= 11 is 0. The van der Waals surface area contributed by atoms with Crippen LogP contribution < -0.4 is 10.9 Å². The number of ether oxygens (including phenoxy) is 1. The first-order chi connectivity index (χ1) is 12.4. The third-order valence-electron chi connectivity index (χ3n) is 6.75. The molecule has 6 nitrogen and oxygen atoms in total. The standard InChI is InChI=1S/C20H26N2O4/c1-12(20-8-13-5-14(9-20)7-15(6-13)10-20)22-17(23)11-26-19(25)16-3-2-4-21-18(16)24/h2-4,12-15H,5-11H2,1H3,(H,21,24)(H,22,23)/t12-,13?,14?,15?,20?/m1/s1. The SMILES string of the molecule is C[C@@H](NC(=O)COC(=O)c1ccc[nH]c1=O)C12CC3CC(CC(C3)C1)C2. The van der Waals surface area contributed by atoms with Crippen LogP contribution >= 0.6 is 0 Å². The largest absolute Gasteiger partial charge is 0.452 e. The predicted octanol–water partition coefficient (Wildman–Crippen LogP) is 2.25. The number of hydrogen-bond acceptors (Lipinski definition) is 4. The maximum absolute atomic E-state index is 12.3. The van der Waals surface area contributed by atoms with Crippen molar-refractivity contribution in [3.63, 3.8) is 0 Å². The highest BCUT2D eigenvalue weighted by Gasteiger charge is 2.53. The second kappa shape index (κ2) is 6.56. The second-order valence-electron chi connectivity index (χ2n) is 8.56. The molecule has 4 fully saturated rings. The highest BCUT2D eigenvalue weighted by atomic mass is 16.5. The molecule has 0 saturated heterocycles. The lowest BCUT2D eigenvalue weighted by atomic mass is 9.48. The molecule has 0 radical (unpaired) electrons. The van der Waals surface area contributed by atoms with Crippen LogP contribution in [0.25, 0.3) is 0 Å². The normalized spacial score (nSPS) is 32.9. The van der Waals surface area contributed by atoms with Crippen molar-refractivity contribution in [2.24, 2.45) is 23.2 Å². The van der Waals surface area contributed by atoms with Crippen molar-refractivity contribution < 1.29 is 14.3 Å². The molecule has 4 saturated carbocycles. The summed E-state index contributed by atoms with van der Waals surface area (Å²) in [7, 11) is 0. The van der Waals surface area contributed by atoms with Crippen molar-refractivity contribution in [1.29, 1.82) is 0 Å². The van der Waals surface area contributed by atoms with E-state index < -0.39 is 11.5 Å². The maximum Gasteiger partial charge on any atom is 0.344 e. The van der Waals surface area contributed by atoms with E-state index in [0.29, 0.717) is 0 Å². The zero-order valence-electron chi connectivity index (χ0n) is 15.1. The number of carbonyl (C=O) groups excluding carboxylic acids is 2. The topological polar surface area (TPSA) is 88.3 Å². The molecule has 140 valence electrons. The average Bonchev–Trinajstić information content (AvgIpc) is 2.59. The highest BCUT2D eigenvalue weighted by Crippen LogP contribution is 2.61. The van der Waals surface area contributed by atoms with Crippen molar-refractivity contribution >= 4 is 11.9 Å². The van der Waals surface area contributed by atoms with E-state index in [1.807, 2.05) is 0 Å². The summed E-state index contributed by atoms with van der Waals surface area (Å²) in [4.78, 5) is 38.3. The molecular weight excluding hydrogens is 332 g/mol. The summed E-state index contributed by atoms with van der Waals surface area (Å²) in [5.74, 6) is 1.40. The monoisotopic (exact) mass is 358 g/mol. The summed E-state index contributed by atoms with van der Waals surface area (Å²) in [5.41, 5.74) is -0.389. The van der Waals surface area contributed by atoms with Crippen LogP contribution in [0.2, 0.25) is 0 Å². The molecule has 4 aliphatic rings. The molecule has 0 aromatic carbocycles. The molecule has 1 atom stereocenters. The van der Waals surface area contributed by atoms with Crippen LogP contribution in [0.4, 0.5) is 0 Å². The summed E-state index contributed by atoms with van der Waals surface area (Å²) in [6, 6.07) is 3.02. The number of nitrogens with one attached hydrogen (secondary N) is 2. The fraction of sp³-hybridized carbons (Fsp3) is 0.650. The van der Waals surface area contributed by atoms with Crippen molar-refractivity contribution in [3.8, 4) is 0 Å². The molecule has 1 amide bonds. The Morgan fingerprint density at radius 1 is 1.23 bits per heavy atom. The van der Waals surface area contributed by atoms with Crippen LogP contribution in [0.5, 0.6) is 0 Å². The number of aromatic nitrogens is 1. The van der Waals surface area contributed by atoms with E-state index in [1.54, 1.807) is 6.07 Å². The van der Waals surface area contributed by atoms with Crippen molar-refractivity contribution in [2.45, 2.75) is 51.5 Å². The number of carbonyl (C=O) groups is 2. The Kier molecular flexibility index (Phi) is 4.37. The number of amides is 1. The average molecular weight is 358 g/mol. The van der Waals surface area contributed by atoms with Gasteiger partial charge in [-0.2, -0.15) is 0 Å². The van der Waals surface area contributed by atoms with Crippen LogP contribution in [0.3, 0.4) is 0 Å². The molecule has 0 unspecified atom stereocenters. The summed E-state index contributed by atoms with van der Waals surface area (Å²) in [6.07, 6.45) is 9.16. The van der Waals surface area contributed by atoms with Gasteiger partial charge in [-0.1, -0.05) is 0 Å². The van der Waals surface area contributed by atoms with E-state index in [4.69, 9.17) is 4.74 Å². The Hall–Kier alpha value is -2.11. The lowest BCUT2D eigenvalue weighted by Gasteiger charge is -2.59. The Balaban J connectivity index is 1.33. The molecule has 4 bridgehead atoms. The van der Waals surface area contributed by atoms with Gasteiger partial charge in [-0.15, -0.1) is 0 Å². The maximum atomic E-state index is 12.3. The van der Waals surface area contributed by atoms with Gasteiger partial charge in [0, 0.05) is 12.2 Å². The Morgan fingerprint density at radius 2 is 1.85 bits per heavy atom. The first kappa shape index (κ1) is 17.3. The molecule has 4 aliphatic carbocycles. The third-order valence-corrected chi connectivity index (χ3v) is 6.75. The van der Waals surface area contributed by atoms with E-state index in [-0.39, 0.29) is 29.5 Å². The van der Waals surface area contributed by atoms with Gasteiger partial charge in [-0.05, 0) is 80.8 Å². The highest BCUT2D eigenvalue weighted by molar-refractivity contribution is 5.90. The summed E-state index contributed by atoms with van der Waals surface area (Å²) in [5, 5.41) is 3.06. The fourth-order valence-corrected chi connectivity index (χ4v) is 5.94. The van der Waals surface area contributed by atoms with Crippen LogP contribution in [-0.2, 0) is 9.53 Å². The molecule has 1 aromatic rings. The van der Waals surface area contributed by atoms with Gasteiger partial charge in [0.05, 0.1) is 0 Å². The van der Waals surface area contributed by atoms with E-state index >= 15 is 0 Å². The predicted molar refractivity (Wildman–Crippen MR) is 95.6 cm³/mol. The van der Waals surface area contributed by atoms with Gasteiger partial charge in [0.15, 0.2) is 6.61 Å². The molecule has 1 aromatic heterocycles. The Morgan fingerprint density at radius 3 is 2.42 bits per heavy atom. The van der Waals surface area contributed by atoms with Crippen molar-refractivity contribution in [1.82, 2.24) is 10.3 Å². The number of hydrogen-bond donors (Lipinski definition) is 2. The second-order valence-corrected chi connectivity index (χ2v) is 8.56. The molecule has 6 heteroatoms.